The molecule has 0 aliphatic heterocycles. The zero-order valence-electron chi connectivity index (χ0n) is 24.3. The van der Waals surface area contributed by atoms with Gasteiger partial charge in [0.1, 0.15) is 11.3 Å². The number of rotatable bonds is 8. The summed E-state index contributed by atoms with van der Waals surface area (Å²) >= 11 is 1.74. The van der Waals surface area contributed by atoms with E-state index in [1.54, 1.807) is 67.4 Å². The first kappa shape index (κ1) is 27.5. The van der Waals surface area contributed by atoms with Crippen LogP contribution in [0.5, 0.6) is 0 Å². The minimum Gasteiger partial charge on any atom is -0.435 e. The molecule has 0 radical (unpaired) electrons. The average Bonchev–Trinajstić information content (AvgIpc) is 3.83. The van der Waals surface area contributed by atoms with Crippen LogP contribution in [0.15, 0.2) is 138 Å². The minimum atomic E-state index is 0.471. The van der Waals surface area contributed by atoms with Crippen molar-refractivity contribution in [2.24, 2.45) is 0 Å². The van der Waals surface area contributed by atoms with E-state index >= 15 is 0 Å². The maximum absolute atomic E-state index is 6.81. The number of pyridine rings is 1. The number of H-pyrrole nitrogens is 1. The van der Waals surface area contributed by atoms with E-state index in [0.717, 1.165) is 27.3 Å². The SMILES string of the molecule is c1ccc(CSc2ccccc2-c2nc3c(-c4ncc[nH]4)c(-c4cnccn4)c(-c4ccccn4)c(-c4ncccn4)c3o2)cc1. The number of imidazole rings is 1. The molecule has 8 rings (SSSR count). The largest absolute Gasteiger partial charge is 0.435 e. The van der Waals surface area contributed by atoms with E-state index in [2.05, 4.69) is 55.3 Å². The van der Waals surface area contributed by atoms with Crippen LogP contribution in [0.3, 0.4) is 0 Å². The van der Waals surface area contributed by atoms with Crippen LogP contribution in [-0.4, -0.2) is 39.9 Å². The summed E-state index contributed by atoms with van der Waals surface area (Å²) in [6.45, 7) is 0. The molecule has 220 valence electrons. The summed E-state index contributed by atoms with van der Waals surface area (Å²) in [5.74, 6) is 2.35. The van der Waals surface area contributed by atoms with Crippen molar-refractivity contribution in [1.29, 1.82) is 0 Å². The summed E-state index contributed by atoms with van der Waals surface area (Å²) in [7, 11) is 0. The highest BCUT2D eigenvalue weighted by molar-refractivity contribution is 7.98. The van der Waals surface area contributed by atoms with Crippen molar-refractivity contribution < 1.29 is 4.42 Å². The van der Waals surface area contributed by atoms with E-state index in [1.165, 1.54) is 5.56 Å². The first-order valence-corrected chi connectivity index (χ1v) is 15.6. The van der Waals surface area contributed by atoms with Crippen LogP contribution < -0.4 is 0 Å². The highest BCUT2D eigenvalue weighted by Crippen LogP contribution is 2.49. The predicted octanol–water partition coefficient (Wildman–Crippen LogP) is 8.15. The molecule has 0 fully saturated rings. The standard InChI is InChI=1S/C36H24N8OS/c1-2-9-23(10-3-1)22-46-27-13-5-4-11-24(27)36-44-32-30(34-42-19-20-43-34)29(26-21-37-17-18-39-26)28(25-12-6-7-14-38-25)31(33(32)45-36)35-40-15-8-16-41-35/h1-21H,22H2,(H,42,43). The molecular weight excluding hydrogens is 593 g/mol. The average molecular weight is 617 g/mol. The van der Waals surface area contributed by atoms with Crippen molar-refractivity contribution in [2.45, 2.75) is 10.6 Å². The lowest BCUT2D eigenvalue weighted by atomic mass is 9.89. The number of aromatic amines is 1. The van der Waals surface area contributed by atoms with E-state index in [4.69, 9.17) is 19.4 Å². The maximum Gasteiger partial charge on any atom is 0.228 e. The molecule has 0 aliphatic rings. The Morgan fingerprint density at radius 2 is 1.41 bits per heavy atom. The quantitative estimate of drug-likeness (QED) is 0.169. The maximum atomic E-state index is 6.81. The second-order valence-electron chi connectivity index (χ2n) is 10.3. The molecule has 46 heavy (non-hydrogen) atoms. The van der Waals surface area contributed by atoms with Crippen molar-refractivity contribution in [3.63, 3.8) is 0 Å². The molecule has 0 atom stereocenters. The van der Waals surface area contributed by atoms with Crippen molar-refractivity contribution in [2.75, 3.05) is 0 Å². The van der Waals surface area contributed by atoms with Crippen LogP contribution in [0.25, 0.3) is 67.8 Å². The van der Waals surface area contributed by atoms with Gasteiger partial charge in [-0.05, 0) is 35.9 Å². The molecule has 9 nitrogen and oxygen atoms in total. The van der Waals surface area contributed by atoms with Gasteiger partial charge < -0.3 is 9.40 Å². The normalized spacial score (nSPS) is 11.2. The third kappa shape index (κ3) is 5.10. The third-order valence-corrected chi connectivity index (χ3v) is 8.61. The Morgan fingerprint density at radius 1 is 0.630 bits per heavy atom. The van der Waals surface area contributed by atoms with Gasteiger partial charge in [-0.15, -0.1) is 11.8 Å². The van der Waals surface area contributed by atoms with E-state index in [1.807, 2.05) is 42.5 Å². The van der Waals surface area contributed by atoms with Gasteiger partial charge in [0, 0.05) is 65.2 Å². The zero-order chi connectivity index (χ0) is 30.7. The number of nitrogens with one attached hydrogen (secondary N) is 1. The van der Waals surface area contributed by atoms with Crippen molar-refractivity contribution in [3.8, 4) is 56.7 Å². The van der Waals surface area contributed by atoms with Gasteiger partial charge in [-0.25, -0.2) is 19.9 Å². The molecule has 3 aromatic carbocycles. The number of fused-ring (bicyclic) bond motifs is 1. The van der Waals surface area contributed by atoms with Crippen molar-refractivity contribution in [1.82, 2.24) is 39.9 Å². The van der Waals surface area contributed by atoms with Gasteiger partial charge in [0.05, 0.1) is 34.3 Å². The van der Waals surface area contributed by atoms with Gasteiger partial charge in [-0.1, -0.05) is 48.5 Å². The van der Waals surface area contributed by atoms with Gasteiger partial charge in [-0.3, -0.25) is 15.0 Å². The molecule has 0 unspecified atom stereocenters. The third-order valence-electron chi connectivity index (χ3n) is 7.46. The van der Waals surface area contributed by atoms with Gasteiger partial charge in [0.15, 0.2) is 11.4 Å². The fourth-order valence-corrected chi connectivity index (χ4v) is 6.49. The fourth-order valence-electron chi connectivity index (χ4n) is 5.49. The molecule has 0 bridgehead atoms. The molecule has 0 saturated heterocycles. The van der Waals surface area contributed by atoms with Gasteiger partial charge in [0.2, 0.25) is 5.89 Å². The number of nitrogens with zero attached hydrogens (tertiary/aromatic N) is 7. The van der Waals surface area contributed by atoms with Gasteiger partial charge >= 0.3 is 0 Å². The molecular formula is C36H24N8OS. The summed E-state index contributed by atoms with van der Waals surface area (Å²) in [6, 6.07) is 26.1. The van der Waals surface area contributed by atoms with E-state index in [-0.39, 0.29) is 0 Å². The Balaban J connectivity index is 1.46. The summed E-state index contributed by atoms with van der Waals surface area (Å²) in [5, 5.41) is 0. The lowest BCUT2D eigenvalue weighted by Gasteiger charge is -2.17. The fraction of sp³-hybridized carbons (Fsp3) is 0.0278. The molecule has 5 aromatic heterocycles. The highest BCUT2D eigenvalue weighted by Gasteiger charge is 2.31. The lowest BCUT2D eigenvalue weighted by molar-refractivity contribution is 0.619. The molecule has 0 spiro atoms. The molecule has 0 aliphatic carbocycles. The topological polar surface area (TPSA) is 119 Å². The smallest absolute Gasteiger partial charge is 0.228 e. The van der Waals surface area contributed by atoms with E-state index in [9.17, 15) is 0 Å². The second-order valence-corrected chi connectivity index (χ2v) is 11.3. The van der Waals surface area contributed by atoms with Gasteiger partial charge in [0.25, 0.3) is 0 Å². The van der Waals surface area contributed by atoms with E-state index in [0.29, 0.717) is 51.2 Å². The summed E-state index contributed by atoms with van der Waals surface area (Å²) in [5.41, 5.74) is 7.38. The van der Waals surface area contributed by atoms with Crippen molar-refractivity contribution in [3.05, 3.63) is 134 Å². The van der Waals surface area contributed by atoms with Crippen LogP contribution in [0, 0.1) is 0 Å². The summed E-state index contributed by atoms with van der Waals surface area (Å²) < 4.78 is 6.81. The Labute approximate surface area is 267 Å². The molecule has 1 N–H and O–H groups in total. The molecule has 10 heteroatoms. The first-order chi connectivity index (χ1) is 22.8. The number of thioether (sulfide) groups is 1. The molecule has 5 heterocycles. The van der Waals surface area contributed by atoms with E-state index < -0.39 is 0 Å². The molecule has 0 saturated carbocycles. The Kier molecular flexibility index (Phi) is 7.29. The monoisotopic (exact) mass is 616 g/mol. The van der Waals surface area contributed by atoms with Crippen LogP contribution in [0.1, 0.15) is 5.56 Å². The Bertz CT molecular complexity index is 2240. The minimum absolute atomic E-state index is 0.471. The van der Waals surface area contributed by atoms with Crippen LogP contribution in [0.2, 0.25) is 0 Å². The van der Waals surface area contributed by atoms with Crippen molar-refractivity contribution >= 4 is 22.9 Å². The summed E-state index contributed by atoms with van der Waals surface area (Å²) in [4.78, 5) is 37.5. The molecule has 0 amide bonds. The predicted molar refractivity (Wildman–Crippen MR) is 178 cm³/mol. The number of benzene rings is 3. The first-order valence-electron chi connectivity index (χ1n) is 14.6. The molecule has 8 aromatic rings. The highest BCUT2D eigenvalue weighted by atomic mass is 32.2. The number of aromatic nitrogens is 8. The van der Waals surface area contributed by atoms with Crippen LogP contribution in [0.4, 0.5) is 0 Å². The number of hydrogen-bond donors (Lipinski definition) is 1. The zero-order valence-corrected chi connectivity index (χ0v) is 25.1. The number of oxazole rings is 1. The van der Waals surface area contributed by atoms with Crippen LogP contribution in [-0.2, 0) is 5.75 Å². The lowest BCUT2D eigenvalue weighted by Crippen LogP contribution is -2.01. The summed E-state index contributed by atoms with van der Waals surface area (Å²) in [6.07, 6.45) is 13.7. The Morgan fingerprint density at radius 3 is 2.20 bits per heavy atom. The Hall–Kier alpha value is -6.00. The van der Waals surface area contributed by atoms with Crippen LogP contribution >= 0.6 is 11.8 Å². The second kappa shape index (κ2) is 12.2. The van der Waals surface area contributed by atoms with Gasteiger partial charge in [-0.2, -0.15) is 0 Å². The number of hydrogen-bond acceptors (Lipinski definition) is 9.